The molecule has 1 N–H and O–H groups in total. The number of amides is 1. The maximum Gasteiger partial charge on any atom is 0.239 e. The summed E-state index contributed by atoms with van der Waals surface area (Å²) in [4.78, 5) is 15.8. The van der Waals surface area contributed by atoms with Crippen molar-refractivity contribution in [2.75, 3.05) is 6.54 Å². The molecular weight excluding hydrogens is 202 g/mol. The van der Waals surface area contributed by atoms with Crippen molar-refractivity contribution in [2.24, 2.45) is 0 Å². The molecule has 0 bridgehead atoms. The van der Waals surface area contributed by atoms with Gasteiger partial charge in [0.25, 0.3) is 0 Å². The zero-order valence-corrected chi connectivity index (χ0v) is 9.31. The third-order valence-electron chi connectivity index (χ3n) is 2.41. The topological polar surface area (TPSA) is 46.9 Å². The number of hydrogen-bond donors (Lipinski definition) is 1. The van der Waals surface area contributed by atoms with Crippen molar-refractivity contribution in [1.29, 1.82) is 0 Å². The molecular formula is C12H15N3O. The molecule has 0 unspecified atom stereocenters. The molecule has 1 aromatic carbocycles. The summed E-state index contributed by atoms with van der Waals surface area (Å²) in [6, 6.07) is 7.80. The average Bonchev–Trinajstić information content (AvgIpc) is 2.70. The Balaban J connectivity index is 2.12. The highest BCUT2D eigenvalue weighted by molar-refractivity contribution is 5.80. The largest absolute Gasteiger partial charge is 0.355 e. The lowest BCUT2D eigenvalue weighted by Crippen LogP contribution is -2.27. The SMILES string of the molecule is CCCNC(=O)Cn1cnc2ccccc21. The molecule has 0 aliphatic rings. The van der Waals surface area contributed by atoms with E-state index < -0.39 is 0 Å². The minimum atomic E-state index is 0.0324. The van der Waals surface area contributed by atoms with Gasteiger partial charge in [-0.3, -0.25) is 4.79 Å². The lowest BCUT2D eigenvalue weighted by atomic mass is 10.3. The highest BCUT2D eigenvalue weighted by atomic mass is 16.1. The standard InChI is InChI=1S/C12H15N3O/c1-2-7-13-12(16)8-15-9-14-10-5-3-4-6-11(10)15/h3-6,9H,2,7-8H2,1H3,(H,13,16). The fourth-order valence-corrected chi connectivity index (χ4v) is 1.61. The van der Waals surface area contributed by atoms with Crippen molar-refractivity contribution in [1.82, 2.24) is 14.9 Å². The third kappa shape index (κ3) is 2.21. The van der Waals surface area contributed by atoms with E-state index in [2.05, 4.69) is 10.3 Å². The molecule has 2 aromatic rings. The van der Waals surface area contributed by atoms with Gasteiger partial charge in [0.05, 0.1) is 17.4 Å². The number of nitrogens with one attached hydrogen (secondary N) is 1. The van der Waals surface area contributed by atoms with Crippen LogP contribution in [0, 0.1) is 0 Å². The van der Waals surface area contributed by atoms with Crippen LogP contribution in [0.3, 0.4) is 0 Å². The number of nitrogens with zero attached hydrogens (tertiary/aromatic N) is 2. The van der Waals surface area contributed by atoms with Gasteiger partial charge in [0, 0.05) is 6.54 Å². The number of carbonyl (C=O) groups is 1. The molecule has 0 aliphatic heterocycles. The van der Waals surface area contributed by atoms with E-state index in [4.69, 9.17) is 0 Å². The summed E-state index contributed by atoms with van der Waals surface area (Å²) in [5.74, 6) is 0.0324. The molecule has 1 aromatic heterocycles. The molecule has 84 valence electrons. The lowest BCUT2D eigenvalue weighted by molar-refractivity contribution is -0.121. The number of imidazole rings is 1. The molecule has 0 aliphatic carbocycles. The summed E-state index contributed by atoms with van der Waals surface area (Å²) in [6.45, 7) is 3.10. The quantitative estimate of drug-likeness (QED) is 0.844. The molecule has 1 heterocycles. The van der Waals surface area contributed by atoms with Gasteiger partial charge >= 0.3 is 0 Å². The van der Waals surface area contributed by atoms with E-state index in [1.54, 1.807) is 6.33 Å². The Morgan fingerprint density at radius 1 is 1.44 bits per heavy atom. The maximum absolute atomic E-state index is 11.6. The molecule has 4 nitrogen and oxygen atoms in total. The van der Waals surface area contributed by atoms with Gasteiger partial charge in [0.1, 0.15) is 6.54 Å². The van der Waals surface area contributed by atoms with Crippen molar-refractivity contribution in [2.45, 2.75) is 19.9 Å². The first kappa shape index (κ1) is 10.7. The Kier molecular flexibility index (Phi) is 3.19. The fraction of sp³-hybridized carbons (Fsp3) is 0.333. The number of fused-ring (bicyclic) bond motifs is 1. The number of carbonyl (C=O) groups excluding carboxylic acids is 1. The van der Waals surface area contributed by atoms with E-state index in [1.807, 2.05) is 35.8 Å². The summed E-state index contributed by atoms with van der Waals surface area (Å²) >= 11 is 0. The Labute approximate surface area is 94.3 Å². The summed E-state index contributed by atoms with van der Waals surface area (Å²) in [6.07, 6.45) is 2.66. The second-order valence-corrected chi connectivity index (χ2v) is 3.71. The molecule has 0 spiro atoms. The van der Waals surface area contributed by atoms with E-state index in [-0.39, 0.29) is 5.91 Å². The summed E-state index contributed by atoms with van der Waals surface area (Å²) in [7, 11) is 0. The molecule has 1 amide bonds. The Bertz CT molecular complexity index is 490. The zero-order valence-electron chi connectivity index (χ0n) is 9.31. The minimum Gasteiger partial charge on any atom is -0.355 e. The first-order valence-corrected chi connectivity index (χ1v) is 5.48. The number of aromatic nitrogens is 2. The van der Waals surface area contributed by atoms with Crippen molar-refractivity contribution in [3.8, 4) is 0 Å². The maximum atomic E-state index is 11.6. The van der Waals surface area contributed by atoms with Gasteiger partial charge in [-0.1, -0.05) is 19.1 Å². The lowest BCUT2D eigenvalue weighted by Gasteiger charge is -2.05. The Morgan fingerprint density at radius 2 is 2.25 bits per heavy atom. The smallest absolute Gasteiger partial charge is 0.239 e. The van der Waals surface area contributed by atoms with Crippen LogP contribution in [0.2, 0.25) is 0 Å². The van der Waals surface area contributed by atoms with Crippen molar-refractivity contribution < 1.29 is 4.79 Å². The molecule has 0 atom stereocenters. The molecule has 2 rings (SSSR count). The second-order valence-electron chi connectivity index (χ2n) is 3.71. The summed E-state index contributed by atoms with van der Waals surface area (Å²) < 4.78 is 1.86. The summed E-state index contributed by atoms with van der Waals surface area (Å²) in [5.41, 5.74) is 1.92. The Morgan fingerprint density at radius 3 is 3.06 bits per heavy atom. The minimum absolute atomic E-state index is 0.0324. The highest BCUT2D eigenvalue weighted by Crippen LogP contribution is 2.11. The predicted octanol–water partition coefficient (Wildman–Crippen LogP) is 1.56. The predicted molar refractivity (Wildman–Crippen MR) is 63.0 cm³/mol. The van der Waals surface area contributed by atoms with Crippen molar-refractivity contribution in [3.05, 3.63) is 30.6 Å². The van der Waals surface area contributed by atoms with Crippen LogP contribution in [0.4, 0.5) is 0 Å². The zero-order chi connectivity index (χ0) is 11.4. The van der Waals surface area contributed by atoms with Crippen LogP contribution < -0.4 is 5.32 Å². The number of rotatable bonds is 4. The first-order chi connectivity index (χ1) is 7.81. The molecule has 16 heavy (non-hydrogen) atoms. The van der Waals surface area contributed by atoms with Gasteiger partial charge in [-0.25, -0.2) is 4.98 Å². The van der Waals surface area contributed by atoms with Gasteiger partial charge < -0.3 is 9.88 Å². The van der Waals surface area contributed by atoms with Crippen LogP contribution >= 0.6 is 0 Å². The number of hydrogen-bond acceptors (Lipinski definition) is 2. The fourth-order valence-electron chi connectivity index (χ4n) is 1.61. The first-order valence-electron chi connectivity index (χ1n) is 5.48. The van der Waals surface area contributed by atoms with Gasteiger partial charge in [-0.2, -0.15) is 0 Å². The van der Waals surface area contributed by atoms with Gasteiger partial charge in [-0.05, 0) is 18.6 Å². The van der Waals surface area contributed by atoms with Crippen LogP contribution in [0.25, 0.3) is 11.0 Å². The van der Waals surface area contributed by atoms with Crippen LogP contribution in [-0.4, -0.2) is 22.0 Å². The van der Waals surface area contributed by atoms with E-state index in [9.17, 15) is 4.79 Å². The molecule has 0 radical (unpaired) electrons. The van der Waals surface area contributed by atoms with Crippen LogP contribution in [-0.2, 0) is 11.3 Å². The average molecular weight is 217 g/mol. The van der Waals surface area contributed by atoms with E-state index >= 15 is 0 Å². The van der Waals surface area contributed by atoms with Crippen molar-refractivity contribution in [3.63, 3.8) is 0 Å². The van der Waals surface area contributed by atoms with E-state index in [0.717, 1.165) is 24.0 Å². The van der Waals surface area contributed by atoms with E-state index in [0.29, 0.717) is 6.54 Å². The monoisotopic (exact) mass is 217 g/mol. The van der Waals surface area contributed by atoms with Crippen LogP contribution in [0.15, 0.2) is 30.6 Å². The van der Waals surface area contributed by atoms with Gasteiger partial charge in [-0.15, -0.1) is 0 Å². The van der Waals surface area contributed by atoms with Crippen LogP contribution in [0.1, 0.15) is 13.3 Å². The third-order valence-corrected chi connectivity index (χ3v) is 2.41. The Hall–Kier alpha value is -1.84. The van der Waals surface area contributed by atoms with Gasteiger partial charge in [0.2, 0.25) is 5.91 Å². The normalized spacial score (nSPS) is 10.6. The molecule has 0 fully saturated rings. The molecule has 4 heteroatoms. The molecule has 0 saturated carbocycles. The van der Waals surface area contributed by atoms with Crippen molar-refractivity contribution >= 4 is 16.9 Å². The van der Waals surface area contributed by atoms with Gasteiger partial charge in [0.15, 0.2) is 0 Å². The number of benzene rings is 1. The van der Waals surface area contributed by atoms with Crippen LogP contribution in [0.5, 0.6) is 0 Å². The number of para-hydroxylation sites is 2. The van der Waals surface area contributed by atoms with E-state index in [1.165, 1.54) is 0 Å². The second kappa shape index (κ2) is 4.79. The molecule has 0 saturated heterocycles. The highest BCUT2D eigenvalue weighted by Gasteiger charge is 2.05. The summed E-state index contributed by atoms with van der Waals surface area (Å²) in [5, 5.41) is 2.85.